The number of sulfonamides is 1. The van der Waals surface area contributed by atoms with Crippen molar-refractivity contribution in [1.82, 2.24) is 4.72 Å². The summed E-state index contributed by atoms with van der Waals surface area (Å²) < 4.78 is 31.1. The molecule has 1 heterocycles. The molecule has 0 bridgehead atoms. The summed E-state index contributed by atoms with van der Waals surface area (Å²) in [5, 5.41) is 9.78. The Bertz CT molecular complexity index is 464. The Hall–Kier alpha value is -0.470. The number of hydrogen-bond donors (Lipinski definition) is 2. The molecular formula is C10H17NO4S2. The van der Waals surface area contributed by atoms with Crippen LogP contribution in [0.4, 0.5) is 0 Å². The van der Waals surface area contributed by atoms with E-state index >= 15 is 0 Å². The lowest BCUT2D eigenvalue weighted by Gasteiger charge is -2.22. The van der Waals surface area contributed by atoms with Crippen molar-refractivity contribution in [3.8, 4) is 0 Å². The molecule has 1 aromatic heterocycles. The SMILES string of the molecule is COCC(C)(O)CNS(=O)(=O)c1ccc(C)s1. The van der Waals surface area contributed by atoms with E-state index in [1.54, 1.807) is 12.1 Å². The van der Waals surface area contributed by atoms with Crippen LogP contribution in [0.15, 0.2) is 16.3 Å². The van der Waals surface area contributed by atoms with Crippen molar-refractivity contribution < 1.29 is 18.3 Å². The van der Waals surface area contributed by atoms with Crippen molar-refractivity contribution in [3.63, 3.8) is 0 Å². The summed E-state index contributed by atoms with van der Waals surface area (Å²) in [5.74, 6) is 0. The van der Waals surface area contributed by atoms with E-state index in [0.29, 0.717) is 0 Å². The van der Waals surface area contributed by atoms with Crippen LogP contribution in [0, 0.1) is 6.92 Å². The Labute approximate surface area is 105 Å². The predicted octanol–water partition coefficient (Wildman–Crippen LogP) is 0.732. The van der Waals surface area contributed by atoms with Crippen molar-refractivity contribution in [2.24, 2.45) is 0 Å². The van der Waals surface area contributed by atoms with E-state index in [-0.39, 0.29) is 17.4 Å². The molecule has 0 saturated carbocycles. The minimum absolute atomic E-state index is 0.0684. The van der Waals surface area contributed by atoms with Crippen LogP contribution in [0.3, 0.4) is 0 Å². The summed E-state index contributed by atoms with van der Waals surface area (Å²) in [6.45, 7) is 3.34. The highest BCUT2D eigenvalue weighted by molar-refractivity contribution is 7.91. The fourth-order valence-corrected chi connectivity index (χ4v) is 3.73. The molecule has 0 aliphatic heterocycles. The monoisotopic (exact) mass is 279 g/mol. The molecule has 0 aliphatic rings. The van der Waals surface area contributed by atoms with Gasteiger partial charge in [0, 0.05) is 18.5 Å². The quantitative estimate of drug-likeness (QED) is 0.805. The zero-order valence-corrected chi connectivity index (χ0v) is 11.7. The van der Waals surface area contributed by atoms with E-state index in [9.17, 15) is 13.5 Å². The van der Waals surface area contributed by atoms with Gasteiger partial charge < -0.3 is 9.84 Å². The minimum atomic E-state index is -3.54. The number of thiophene rings is 1. The first-order chi connectivity index (χ1) is 7.77. The number of hydrogen-bond acceptors (Lipinski definition) is 5. The first-order valence-corrected chi connectivity index (χ1v) is 7.34. The van der Waals surface area contributed by atoms with E-state index in [1.807, 2.05) is 6.92 Å². The summed E-state index contributed by atoms with van der Waals surface area (Å²) in [6, 6.07) is 3.29. The smallest absolute Gasteiger partial charge is 0.250 e. The van der Waals surface area contributed by atoms with Gasteiger partial charge in [0.1, 0.15) is 4.21 Å². The predicted molar refractivity (Wildman–Crippen MR) is 66.7 cm³/mol. The van der Waals surface area contributed by atoms with Gasteiger partial charge in [0.15, 0.2) is 0 Å². The van der Waals surface area contributed by atoms with Gasteiger partial charge in [0.2, 0.25) is 10.0 Å². The van der Waals surface area contributed by atoms with Crippen LogP contribution in [0.1, 0.15) is 11.8 Å². The van der Waals surface area contributed by atoms with Gasteiger partial charge in [0.05, 0.1) is 12.2 Å². The fourth-order valence-electron chi connectivity index (χ4n) is 1.24. The third kappa shape index (κ3) is 4.36. The molecule has 1 aromatic rings. The first-order valence-electron chi connectivity index (χ1n) is 5.04. The minimum Gasteiger partial charge on any atom is -0.386 e. The normalized spacial score (nSPS) is 15.8. The number of ether oxygens (including phenoxy) is 1. The Balaban J connectivity index is 2.69. The Morgan fingerprint density at radius 2 is 2.18 bits per heavy atom. The second-order valence-electron chi connectivity index (χ2n) is 4.12. The lowest BCUT2D eigenvalue weighted by Crippen LogP contribution is -2.43. The van der Waals surface area contributed by atoms with Crippen LogP contribution in [0.25, 0.3) is 0 Å². The summed E-state index contributed by atoms with van der Waals surface area (Å²) >= 11 is 1.20. The second-order valence-corrected chi connectivity index (χ2v) is 7.40. The number of aliphatic hydroxyl groups is 1. The standard InChI is InChI=1S/C10H17NO4S2/c1-8-4-5-9(16-8)17(13,14)11-6-10(2,12)7-15-3/h4-5,11-12H,6-7H2,1-3H3. The lowest BCUT2D eigenvalue weighted by molar-refractivity contribution is -0.0119. The van der Waals surface area contributed by atoms with Crippen LogP contribution in [0.2, 0.25) is 0 Å². The topological polar surface area (TPSA) is 75.6 Å². The molecule has 2 N–H and O–H groups in total. The third-order valence-corrected chi connectivity index (χ3v) is 4.97. The zero-order chi connectivity index (χ0) is 13.1. The molecule has 0 saturated heterocycles. The number of nitrogens with one attached hydrogen (secondary N) is 1. The Morgan fingerprint density at radius 3 is 2.65 bits per heavy atom. The van der Waals surface area contributed by atoms with Crippen molar-refractivity contribution >= 4 is 21.4 Å². The van der Waals surface area contributed by atoms with E-state index in [2.05, 4.69) is 4.72 Å². The first kappa shape index (κ1) is 14.6. The van der Waals surface area contributed by atoms with Crippen LogP contribution in [-0.2, 0) is 14.8 Å². The summed E-state index contributed by atoms with van der Waals surface area (Å²) in [6.07, 6.45) is 0. The number of rotatable bonds is 6. The van der Waals surface area contributed by atoms with Gasteiger partial charge >= 0.3 is 0 Å². The van der Waals surface area contributed by atoms with Gasteiger partial charge in [-0.25, -0.2) is 13.1 Å². The average molecular weight is 279 g/mol. The van der Waals surface area contributed by atoms with Crippen molar-refractivity contribution in [3.05, 3.63) is 17.0 Å². The molecule has 0 aromatic carbocycles. The highest BCUT2D eigenvalue weighted by atomic mass is 32.2. The second kappa shape index (κ2) is 5.45. The molecule has 0 amide bonds. The maximum absolute atomic E-state index is 11.8. The summed E-state index contributed by atoms with van der Waals surface area (Å²) in [4.78, 5) is 0.925. The van der Waals surface area contributed by atoms with Gasteiger partial charge in [-0.2, -0.15) is 0 Å². The van der Waals surface area contributed by atoms with Gasteiger partial charge in [-0.05, 0) is 26.0 Å². The molecule has 1 atom stereocenters. The van der Waals surface area contributed by atoms with Crippen LogP contribution >= 0.6 is 11.3 Å². The van der Waals surface area contributed by atoms with Gasteiger partial charge in [-0.1, -0.05) is 0 Å². The van der Waals surface area contributed by atoms with E-state index in [4.69, 9.17) is 4.74 Å². The van der Waals surface area contributed by atoms with Crippen LogP contribution < -0.4 is 4.72 Å². The molecule has 5 nitrogen and oxygen atoms in total. The molecule has 0 fully saturated rings. The molecule has 0 radical (unpaired) electrons. The van der Waals surface area contributed by atoms with Gasteiger partial charge in [-0.15, -0.1) is 11.3 Å². The highest BCUT2D eigenvalue weighted by Gasteiger charge is 2.24. The molecule has 1 rings (SSSR count). The van der Waals surface area contributed by atoms with Gasteiger partial charge in [0.25, 0.3) is 0 Å². The third-order valence-electron chi connectivity index (χ3n) is 2.08. The molecular weight excluding hydrogens is 262 g/mol. The largest absolute Gasteiger partial charge is 0.386 e. The van der Waals surface area contributed by atoms with Crippen LogP contribution in [-0.4, -0.2) is 39.4 Å². The maximum atomic E-state index is 11.8. The zero-order valence-electron chi connectivity index (χ0n) is 10.1. The molecule has 98 valence electrons. The van der Waals surface area contributed by atoms with E-state index < -0.39 is 15.6 Å². The molecule has 17 heavy (non-hydrogen) atoms. The lowest BCUT2D eigenvalue weighted by atomic mass is 10.1. The van der Waals surface area contributed by atoms with Crippen molar-refractivity contribution in [2.75, 3.05) is 20.3 Å². The Morgan fingerprint density at radius 1 is 1.53 bits per heavy atom. The van der Waals surface area contributed by atoms with Crippen LogP contribution in [0.5, 0.6) is 0 Å². The van der Waals surface area contributed by atoms with Crippen molar-refractivity contribution in [1.29, 1.82) is 0 Å². The Kier molecular flexibility index (Phi) is 4.68. The highest BCUT2D eigenvalue weighted by Crippen LogP contribution is 2.20. The molecule has 7 heteroatoms. The summed E-state index contributed by atoms with van der Waals surface area (Å²) in [7, 11) is -2.09. The number of methoxy groups -OCH3 is 1. The van der Waals surface area contributed by atoms with Crippen molar-refractivity contribution in [2.45, 2.75) is 23.7 Å². The van der Waals surface area contributed by atoms with E-state index in [1.165, 1.54) is 25.4 Å². The number of aryl methyl sites for hydroxylation is 1. The molecule has 1 unspecified atom stereocenters. The average Bonchev–Trinajstić information content (AvgIpc) is 2.63. The summed E-state index contributed by atoms with van der Waals surface area (Å²) in [5.41, 5.74) is -1.21. The molecule has 0 aliphatic carbocycles. The maximum Gasteiger partial charge on any atom is 0.250 e. The van der Waals surface area contributed by atoms with E-state index in [0.717, 1.165) is 4.88 Å². The fraction of sp³-hybridized carbons (Fsp3) is 0.600. The molecule has 0 spiro atoms. The van der Waals surface area contributed by atoms with Gasteiger partial charge in [-0.3, -0.25) is 0 Å².